The van der Waals surface area contributed by atoms with E-state index in [0.29, 0.717) is 9.50 Å². The van der Waals surface area contributed by atoms with Gasteiger partial charge in [-0.1, -0.05) is 11.6 Å². The summed E-state index contributed by atoms with van der Waals surface area (Å²) in [5.41, 5.74) is 6.38. The van der Waals surface area contributed by atoms with E-state index >= 15 is 0 Å². The standard InChI is InChI=1S/C9H8BrClFN/c10-8-6(11)3-5(4-7(8)12)9(13)1-2-9/h3-4H,1-2,13H2. The Kier molecular flexibility index (Phi) is 2.13. The molecule has 1 aliphatic rings. The second-order valence-electron chi connectivity index (χ2n) is 3.41. The molecule has 2 N–H and O–H groups in total. The minimum atomic E-state index is -0.348. The largest absolute Gasteiger partial charge is 0.321 e. The van der Waals surface area contributed by atoms with E-state index in [1.165, 1.54) is 6.07 Å². The Bertz CT molecular complexity index is 340. The first-order chi connectivity index (χ1) is 6.03. The van der Waals surface area contributed by atoms with Gasteiger partial charge in [-0.15, -0.1) is 0 Å². The molecule has 1 aliphatic carbocycles. The van der Waals surface area contributed by atoms with Crippen molar-refractivity contribution in [3.05, 3.63) is 33.0 Å². The summed E-state index contributed by atoms with van der Waals surface area (Å²) in [6, 6.07) is 3.17. The number of benzene rings is 1. The van der Waals surface area contributed by atoms with E-state index in [2.05, 4.69) is 15.9 Å². The van der Waals surface area contributed by atoms with E-state index in [4.69, 9.17) is 17.3 Å². The van der Waals surface area contributed by atoms with Crippen LogP contribution < -0.4 is 5.73 Å². The molecule has 0 atom stereocenters. The molecule has 1 aromatic rings. The topological polar surface area (TPSA) is 26.0 Å². The third-order valence-corrected chi connectivity index (χ3v) is 3.68. The van der Waals surface area contributed by atoms with Gasteiger partial charge in [0.05, 0.1) is 9.50 Å². The highest BCUT2D eigenvalue weighted by Crippen LogP contribution is 2.44. The maximum Gasteiger partial charge on any atom is 0.139 e. The maximum absolute atomic E-state index is 13.2. The molecule has 0 spiro atoms. The molecule has 0 aliphatic heterocycles. The van der Waals surface area contributed by atoms with Crippen LogP contribution in [-0.2, 0) is 5.54 Å². The molecule has 70 valence electrons. The lowest BCUT2D eigenvalue weighted by Gasteiger charge is -2.10. The molecule has 1 aromatic carbocycles. The van der Waals surface area contributed by atoms with Crippen molar-refractivity contribution >= 4 is 27.5 Å². The predicted molar refractivity (Wildman–Crippen MR) is 54.2 cm³/mol. The predicted octanol–water partition coefficient (Wildman–Crippen LogP) is 3.19. The van der Waals surface area contributed by atoms with Gasteiger partial charge in [0, 0.05) is 5.54 Å². The zero-order valence-electron chi connectivity index (χ0n) is 6.78. The zero-order valence-corrected chi connectivity index (χ0v) is 9.12. The summed E-state index contributed by atoms with van der Waals surface area (Å²) in [5.74, 6) is -0.348. The minimum absolute atomic E-state index is 0.308. The number of rotatable bonds is 1. The summed E-state index contributed by atoms with van der Waals surface area (Å²) in [6.07, 6.45) is 1.81. The highest BCUT2D eigenvalue weighted by molar-refractivity contribution is 9.10. The minimum Gasteiger partial charge on any atom is -0.321 e. The van der Waals surface area contributed by atoms with Crippen molar-refractivity contribution in [1.29, 1.82) is 0 Å². The van der Waals surface area contributed by atoms with E-state index in [1.54, 1.807) is 6.07 Å². The second kappa shape index (κ2) is 2.94. The van der Waals surface area contributed by atoms with E-state index in [1.807, 2.05) is 0 Å². The molecule has 4 heteroatoms. The molecule has 0 unspecified atom stereocenters. The van der Waals surface area contributed by atoms with Crippen LogP contribution in [0.3, 0.4) is 0 Å². The fraction of sp³-hybridized carbons (Fsp3) is 0.333. The second-order valence-corrected chi connectivity index (χ2v) is 4.61. The first-order valence-electron chi connectivity index (χ1n) is 3.97. The molecule has 1 nitrogen and oxygen atoms in total. The molecule has 1 fully saturated rings. The zero-order chi connectivity index (χ0) is 9.64. The van der Waals surface area contributed by atoms with Crippen LogP contribution in [0, 0.1) is 5.82 Å². The Labute approximate surface area is 89.2 Å². The summed E-state index contributed by atoms with van der Waals surface area (Å²) in [5, 5.41) is 0.381. The number of nitrogens with two attached hydrogens (primary N) is 1. The lowest BCUT2D eigenvalue weighted by atomic mass is 10.1. The van der Waals surface area contributed by atoms with Crippen LogP contribution >= 0.6 is 27.5 Å². The van der Waals surface area contributed by atoms with Crippen molar-refractivity contribution in [2.75, 3.05) is 0 Å². The van der Waals surface area contributed by atoms with Crippen LogP contribution in [-0.4, -0.2) is 0 Å². The highest BCUT2D eigenvalue weighted by atomic mass is 79.9. The monoisotopic (exact) mass is 263 g/mol. The van der Waals surface area contributed by atoms with Gasteiger partial charge in [-0.05, 0) is 46.5 Å². The van der Waals surface area contributed by atoms with E-state index in [0.717, 1.165) is 18.4 Å². The van der Waals surface area contributed by atoms with Gasteiger partial charge in [0.1, 0.15) is 5.82 Å². The third kappa shape index (κ3) is 1.60. The van der Waals surface area contributed by atoms with E-state index in [9.17, 15) is 4.39 Å². The molecule has 0 bridgehead atoms. The smallest absolute Gasteiger partial charge is 0.139 e. The van der Waals surface area contributed by atoms with Gasteiger partial charge in [0.2, 0.25) is 0 Å². The van der Waals surface area contributed by atoms with Crippen molar-refractivity contribution in [1.82, 2.24) is 0 Å². The fourth-order valence-electron chi connectivity index (χ4n) is 1.27. The Morgan fingerprint density at radius 1 is 1.46 bits per heavy atom. The summed E-state index contributed by atoms with van der Waals surface area (Å²) >= 11 is 8.86. The molecule has 1 saturated carbocycles. The van der Waals surface area contributed by atoms with Gasteiger partial charge in [-0.2, -0.15) is 0 Å². The van der Waals surface area contributed by atoms with Crippen molar-refractivity contribution < 1.29 is 4.39 Å². The van der Waals surface area contributed by atoms with Crippen LogP contribution in [0.5, 0.6) is 0 Å². The van der Waals surface area contributed by atoms with E-state index < -0.39 is 0 Å². The lowest BCUT2D eigenvalue weighted by molar-refractivity contribution is 0.612. The Hall–Kier alpha value is -0.120. The molecule has 0 saturated heterocycles. The van der Waals surface area contributed by atoms with Crippen molar-refractivity contribution in [3.63, 3.8) is 0 Å². The number of hydrogen-bond acceptors (Lipinski definition) is 1. The van der Waals surface area contributed by atoms with Crippen LogP contribution in [0.4, 0.5) is 4.39 Å². The molecular weight excluding hydrogens is 256 g/mol. The molecule has 0 heterocycles. The van der Waals surface area contributed by atoms with Gasteiger partial charge in [-0.25, -0.2) is 4.39 Å². The Morgan fingerprint density at radius 3 is 2.54 bits per heavy atom. The number of hydrogen-bond donors (Lipinski definition) is 1. The van der Waals surface area contributed by atoms with Crippen LogP contribution in [0.2, 0.25) is 5.02 Å². The Balaban J connectivity index is 2.50. The summed E-state index contributed by atoms with van der Waals surface area (Å²) in [7, 11) is 0. The highest BCUT2D eigenvalue weighted by Gasteiger charge is 2.40. The average Bonchev–Trinajstić information content (AvgIpc) is 2.80. The van der Waals surface area contributed by atoms with E-state index in [-0.39, 0.29) is 11.4 Å². The summed E-state index contributed by atoms with van der Waals surface area (Å²) < 4.78 is 13.5. The SMILES string of the molecule is NC1(c2cc(F)c(Br)c(Cl)c2)CC1. The first kappa shape index (κ1) is 9.44. The van der Waals surface area contributed by atoms with Crippen LogP contribution in [0.15, 0.2) is 16.6 Å². The maximum atomic E-state index is 13.2. The molecule has 2 rings (SSSR count). The molecular formula is C9H8BrClFN. The van der Waals surface area contributed by atoms with Gasteiger partial charge < -0.3 is 5.73 Å². The number of halogens is 3. The quantitative estimate of drug-likeness (QED) is 0.775. The molecule has 13 heavy (non-hydrogen) atoms. The van der Waals surface area contributed by atoms with Crippen molar-refractivity contribution in [3.8, 4) is 0 Å². The van der Waals surface area contributed by atoms with Crippen LogP contribution in [0.1, 0.15) is 18.4 Å². The average molecular weight is 265 g/mol. The fourth-order valence-corrected chi connectivity index (χ4v) is 1.70. The van der Waals surface area contributed by atoms with Gasteiger partial charge in [0.25, 0.3) is 0 Å². The van der Waals surface area contributed by atoms with Gasteiger partial charge >= 0.3 is 0 Å². The summed E-state index contributed by atoms with van der Waals surface area (Å²) in [6.45, 7) is 0. The third-order valence-electron chi connectivity index (χ3n) is 2.35. The molecule has 0 aromatic heterocycles. The first-order valence-corrected chi connectivity index (χ1v) is 5.14. The van der Waals surface area contributed by atoms with Crippen molar-refractivity contribution in [2.45, 2.75) is 18.4 Å². The van der Waals surface area contributed by atoms with Gasteiger partial charge in [0.15, 0.2) is 0 Å². The summed E-state index contributed by atoms with van der Waals surface area (Å²) in [4.78, 5) is 0. The van der Waals surface area contributed by atoms with Gasteiger partial charge in [-0.3, -0.25) is 0 Å². The Morgan fingerprint density at radius 2 is 2.08 bits per heavy atom. The molecule has 0 amide bonds. The van der Waals surface area contributed by atoms with Crippen molar-refractivity contribution in [2.24, 2.45) is 5.73 Å². The lowest BCUT2D eigenvalue weighted by Crippen LogP contribution is -2.18. The molecule has 0 radical (unpaired) electrons. The normalized spacial score (nSPS) is 18.8. The van der Waals surface area contributed by atoms with Crippen LogP contribution in [0.25, 0.3) is 0 Å².